The van der Waals surface area contributed by atoms with Gasteiger partial charge in [-0.1, -0.05) is 23.7 Å². The largest absolute Gasteiger partial charge is 0.369 e. The fourth-order valence-electron chi connectivity index (χ4n) is 2.69. The van der Waals surface area contributed by atoms with E-state index in [2.05, 4.69) is 16.8 Å². The fourth-order valence-corrected chi connectivity index (χ4v) is 2.91. The highest BCUT2D eigenvalue weighted by atomic mass is 35.5. The number of rotatable bonds is 2. The quantitative estimate of drug-likeness (QED) is 0.876. The van der Waals surface area contributed by atoms with Crippen LogP contribution in [0.5, 0.6) is 0 Å². The van der Waals surface area contributed by atoms with Crippen LogP contribution in [0.25, 0.3) is 0 Å². The Morgan fingerprint density at radius 2 is 2.12 bits per heavy atom. The van der Waals surface area contributed by atoms with Gasteiger partial charge in [0.25, 0.3) is 0 Å². The number of aliphatic imine (C=N–C) groups is 1. The summed E-state index contributed by atoms with van der Waals surface area (Å²) in [6.07, 6.45) is 2.53. The molecule has 1 unspecified atom stereocenters. The van der Waals surface area contributed by atoms with Crippen LogP contribution in [0.4, 0.5) is 5.69 Å². The number of anilines is 1. The minimum absolute atomic E-state index is 0.00900. The Balaban J connectivity index is 2.05. The number of nitrogens with two attached hydrogens (primary N) is 1. The van der Waals surface area contributed by atoms with E-state index in [1.165, 1.54) is 12.8 Å². The number of hydrogen-bond donors (Lipinski definition) is 1. The molecule has 0 saturated heterocycles. The zero-order chi connectivity index (χ0) is 12.0. The van der Waals surface area contributed by atoms with Crippen molar-refractivity contribution in [1.82, 2.24) is 0 Å². The van der Waals surface area contributed by atoms with Crippen molar-refractivity contribution < 1.29 is 0 Å². The van der Waals surface area contributed by atoms with Gasteiger partial charge >= 0.3 is 0 Å². The molecule has 17 heavy (non-hydrogen) atoms. The van der Waals surface area contributed by atoms with Crippen molar-refractivity contribution in [1.29, 1.82) is 0 Å². The van der Waals surface area contributed by atoms with E-state index in [-0.39, 0.29) is 5.54 Å². The zero-order valence-electron chi connectivity index (χ0n) is 9.86. The Bertz CT molecular complexity index is 481. The van der Waals surface area contributed by atoms with Crippen LogP contribution in [0, 0.1) is 5.92 Å². The maximum atomic E-state index is 6.27. The maximum Gasteiger partial charge on any atom is 0.196 e. The normalized spacial score (nSPS) is 28.4. The van der Waals surface area contributed by atoms with Crippen LogP contribution in [0.2, 0.25) is 5.02 Å². The van der Waals surface area contributed by atoms with Crippen molar-refractivity contribution in [2.75, 3.05) is 11.4 Å². The molecule has 1 aliphatic carbocycles. The van der Waals surface area contributed by atoms with Crippen LogP contribution >= 0.6 is 11.6 Å². The predicted molar refractivity (Wildman–Crippen MR) is 71.5 cm³/mol. The zero-order valence-corrected chi connectivity index (χ0v) is 10.6. The van der Waals surface area contributed by atoms with Gasteiger partial charge in [0.1, 0.15) is 0 Å². The molecule has 1 saturated carbocycles. The first-order chi connectivity index (χ1) is 8.13. The summed E-state index contributed by atoms with van der Waals surface area (Å²) in [6.45, 7) is 3.01. The number of guanidine groups is 1. The molecule has 4 heteroatoms. The molecule has 3 rings (SSSR count). The summed E-state index contributed by atoms with van der Waals surface area (Å²) in [5.41, 5.74) is 7.02. The number of nitrogens with zero attached hydrogens (tertiary/aromatic N) is 2. The molecular formula is C13H16ClN3. The van der Waals surface area contributed by atoms with Crippen molar-refractivity contribution >= 4 is 23.2 Å². The van der Waals surface area contributed by atoms with Crippen molar-refractivity contribution in [3.8, 4) is 0 Å². The van der Waals surface area contributed by atoms with E-state index in [1.807, 2.05) is 24.3 Å². The van der Waals surface area contributed by atoms with Gasteiger partial charge < -0.3 is 10.6 Å². The number of benzene rings is 1. The third-order valence-corrected chi connectivity index (χ3v) is 4.17. The molecule has 2 aliphatic rings. The Labute approximate surface area is 106 Å². The Morgan fingerprint density at radius 3 is 2.76 bits per heavy atom. The third kappa shape index (κ3) is 1.61. The lowest BCUT2D eigenvalue weighted by atomic mass is 9.94. The molecule has 0 spiro atoms. The van der Waals surface area contributed by atoms with Crippen LogP contribution < -0.4 is 10.6 Å². The van der Waals surface area contributed by atoms with Crippen LogP contribution in [0.15, 0.2) is 29.3 Å². The van der Waals surface area contributed by atoms with Gasteiger partial charge in [0.05, 0.1) is 22.8 Å². The molecule has 1 aromatic rings. The van der Waals surface area contributed by atoms with Crippen LogP contribution in [-0.4, -0.2) is 18.0 Å². The van der Waals surface area contributed by atoms with Gasteiger partial charge in [-0.2, -0.15) is 0 Å². The van der Waals surface area contributed by atoms with Crippen LogP contribution in [-0.2, 0) is 0 Å². The lowest BCUT2D eigenvalue weighted by Gasteiger charge is -2.37. The summed E-state index contributed by atoms with van der Waals surface area (Å²) in [6, 6.07) is 7.83. The third-order valence-electron chi connectivity index (χ3n) is 3.85. The number of hydrogen-bond acceptors (Lipinski definition) is 3. The van der Waals surface area contributed by atoms with Crippen molar-refractivity contribution in [2.45, 2.75) is 25.3 Å². The van der Waals surface area contributed by atoms with E-state index < -0.39 is 0 Å². The van der Waals surface area contributed by atoms with Crippen molar-refractivity contribution in [2.24, 2.45) is 16.6 Å². The van der Waals surface area contributed by atoms with Gasteiger partial charge in [-0.25, -0.2) is 0 Å². The molecule has 0 amide bonds. The molecule has 0 radical (unpaired) electrons. The average molecular weight is 250 g/mol. The summed E-state index contributed by atoms with van der Waals surface area (Å²) in [7, 11) is 0. The lowest BCUT2D eigenvalue weighted by molar-refractivity contribution is 0.440. The number of para-hydroxylation sites is 1. The molecule has 0 bridgehead atoms. The van der Waals surface area contributed by atoms with Crippen molar-refractivity contribution in [3.63, 3.8) is 0 Å². The molecule has 1 aliphatic heterocycles. The average Bonchev–Trinajstić information content (AvgIpc) is 3.10. The van der Waals surface area contributed by atoms with Gasteiger partial charge in [-0.3, -0.25) is 4.99 Å². The second kappa shape index (κ2) is 3.64. The SMILES string of the molecule is CC1(C2CC2)CN=C(N)N1c1ccccc1Cl. The van der Waals surface area contributed by atoms with E-state index in [0.29, 0.717) is 11.9 Å². The molecule has 1 fully saturated rings. The summed E-state index contributed by atoms with van der Waals surface area (Å²) in [4.78, 5) is 6.53. The monoisotopic (exact) mass is 249 g/mol. The van der Waals surface area contributed by atoms with Gasteiger partial charge in [-0.15, -0.1) is 0 Å². The van der Waals surface area contributed by atoms with Gasteiger partial charge in [0, 0.05) is 0 Å². The van der Waals surface area contributed by atoms with E-state index in [1.54, 1.807) is 0 Å². The lowest BCUT2D eigenvalue weighted by Crippen LogP contribution is -2.51. The molecule has 0 aromatic heterocycles. The molecule has 1 heterocycles. The predicted octanol–water partition coefficient (Wildman–Crippen LogP) is 2.64. The molecule has 1 atom stereocenters. The molecule has 1 aromatic carbocycles. The Kier molecular flexibility index (Phi) is 2.33. The summed E-state index contributed by atoms with van der Waals surface area (Å²) in [5, 5.41) is 0.736. The summed E-state index contributed by atoms with van der Waals surface area (Å²) < 4.78 is 0. The minimum atomic E-state index is 0.00900. The molecule has 90 valence electrons. The molecule has 2 N–H and O–H groups in total. The van der Waals surface area contributed by atoms with Crippen molar-refractivity contribution in [3.05, 3.63) is 29.3 Å². The highest BCUT2D eigenvalue weighted by Gasteiger charge is 2.50. The van der Waals surface area contributed by atoms with E-state index in [0.717, 1.165) is 17.3 Å². The topological polar surface area (TPSA) is 41.6 Å². The summed E-state index contributed by atoms with van der Waals surface area (Å²) in [5.74, 6) is 1.27. The highest BCUT2D eigenvalue weighted by Crippen LogP contribution is 2.47. The Hall–Kier alpha value is -1.22. The van der Waals surface area contributed by atoms with Gasteiger partial charge in [-0.05, 0) is 37.8 Å². The molecular weight excluding hydrogens is 234 g/mol. The van der Waals surface area contributed by atoms with Gasteiger partial charge in [0.15, 0.2) is 5.96 Å². The fraction of sp³-hybridized carbons (Fsp3) is 0.462. The minimum Gasteiger partial charge on any atom is -0.369 e. The van der Waals surface area contributed by atoms with Crippen LogP contribution in [0.1, 0.15) is 19.8 Å². The second-order valence-corrected chi connectivity index (χ2v) is 5.50. The van der Waals surface area contributed by atoms with Gasteiger partial charge in [0.2, 0.25) is 0 Å². The highest BCUT2D eigenvalue weighted by molar-refractivity contribution is 6.34. The van der Waals surface area contributed by atoms with E-state index in [9.17, 15) is 0 Å². The Morgan fingerprint density at radius 1 is 1.41 bits per heavy atom. The standard InChI is InChI=1S/C13H16ClN3/c1-13(9-6-7-9)8-16-12(15)17(13)11-5-3-2-4-10(11)14/h2-5,9H,6-8H2,1H3,(H2,15,16). The maximum absolute atomic E-state index is 6.27. The first-order valence-corrected chi connectivity index (χ1v) is 6.35. The second-order valence-electron chi connectivity index (χ2n) is 5.09. The first kappa shape index (κ1) is 10.9. The van der Waals surface area contributed by atoms with Crippen LogP contribution in [0.3, 0.4) is 0 Å². The first-order valence-electron chi connectivity index (χ1n) is 5.97. The summed E-state index contributed by atoms with van der Waals surface area (Å²) >= 11 is 6.27. The smallest absolute Gasteiger partial charge is 0.196 e. The number of halogens is 1. The molecule has 3 nitrogen and oxygen atoms in total. The van der Waals surface area contributed by atoms with E-state index in [4.69, 9.17) is 17.3 Å². The van der Waals surface area contributed by atoms with E-state index >= 15 is 0 Å².